The molecule has 2 amide bonds. The Labute approximate surface area is 198 Å². The van der Waals surface area contributed by atoms with Gasteiger partial charge in [0.05, 0.1) is 19.3 Å². The van der Waals surface area contributed by atoms with Crippen molar-refractivity contribution in [1.29, 1.82) is 0 Å². The van der Waals surface area contributed by atoms with Gasteiger partial charge in [-0.05, 0) is 43.4 Å². The van der Waals surface area contributed by atoms with Crippen LogP contribution in [-0.4, -0.2) is 84.0 Å². The van der Waals surface area contributed by atoms with E-state index in [1.807, 2.05) is 12.1 Å². The molecule has 0 bridgehead atoms. The van der Waals surface area contributed by atoms with Crippen LogP contribution < -0.4 is 5.56 Å². The van der Waals surface area contributed by atoms with Crippen LogP contribution in [0.15, 0.2) is 23.0 Å². The highest BCUT2D eigenvalue weighted by Gasteiger charge is 2.58. The minimum atomic E-state index is -0.787. The number of hydrogen-bond acceptors (Lipinski definition) is 6. The number of pyridine rings is 1. The summed E-state index contributed by atoms with van der Waals surface area (Å²) in [6.07, 6.45) is 6.27. The number of nitrogens with zero attached hydrogens (tertiary/aromatic N) is 3. The third-order valence-corrected chi connectivity index (χ3v) is 7.84. The lowest BCUT2D eigenvalue weighted by atomic mass is 9.88. The first-order valence-electron chi connectivity index (χ1n) is 12.3. The van der Waals surface area contributed by atoms with Crippen molar-refractivity contribution < 1.29 is 24.2 Å². The largest absolute Gasteiger partial charge is 0.396 e. The van der Waals surface area contributed by atoms with Crippen LogP contribution in [0.25, 0.3) is 5.57 Å². The number of likely N-dealkylation sites (tertiary alicyclic amines) is 1. The lowest BCUT2D eigenvalue weighted by Gasteiger charge is -2.36. The monoisotopic (exact) mass is 471 g/mol. The Hall–Kier alpha value is -2.49. The van der Waals surface area contributed by atoms with Gasteiger partial charge < -0.3 is 28.9 Å². The molecule has 4 heterocycles. The zero-order chi connectivity index (χ0) is 23.8. The zero-order valence-electron chi connectivity index (χ0n) is 19.6. The van der Waals surface area contributed by atoms with Gasteiger partial charge in [0.15, 0.2) is 0 Å². The minimum absolute atomic E-state index is 0.0491. The second-order valence-corrected chi connectivity index (χ2v) is 9.63. The fourth-order valence-electron chi connectivity index (χ4n) is 6.24. The summed E-state index contributed by atoms with van der Waals surface area (Å²) < 4.78 is 12.3. The first kappa shape index (κ1) is 23.3. The number of aromatic nitrogens is 1. The van der Waals surface area contributed by atoms with E-state index >= 15 is 0 Å². The van der Waals surface area contributed by atoms with Crippen molar-refractivity contribution in [2.24, 2.45) is 11.8 Å². The minimum Gasteiger partial charge on any atom is -0.396 e. The van der Waals surface area contributed by atoms with E-state index in [0.29, 0.717) is 32.8 Å². The third-order valence-electron chi connectivity index (χ3n) is 7.84. The molecule has 5 rings (SSSR count). The van der Waals surface area contributed by atoms with Crippen molar-refractivity contribution >= 4 is 17.4 Å². The number of carbonyl (C=O) groups is 2. The Morgan fingerprint density at radius 2 is 2.00 bits per heavy atom. The average Bonchev–Trinajstić information content (AvgIpc) is 3.40. The van der Waals surface area contributed by atoms with E-state index in [1.54, 1.807) is 14.4 Å². The second kappa shape index (κ2) is 9.64. The van der Waals surface area contributed by atoms with Crippen LogP contribution in [0.2, 0.25) is 0 Å². The third kappa shape index (κ3) is 3.79. The van der Waals surface area contributed by atoms with Crippen molar-refractivity contribution in [3.8, 4) is 0 Å². The number of carbonyl (C=O) groups excluding carboxylic acids is 2. The molecule has 4 aliphatic rings. The molecule has 1 aliphatic carbocycles. The molecule has 9 nitrogen and oxygen atoms in total. The Morgan fingerprint density at radius 3 is 2.68 bits per heavy atom. The highest BCUT2D eigenvalue weighted by Crippen LogP contribution is 2.49. The first-order valence-corrected chi connectivity index (χ1v) is 12.3. The van der Waals surface area contributed by atoms with Crippen molar-refractivity contribution in [3.63, 3.8) is 0 Å². The highest BCUT2D eigenvalue weighted by atomic mass is 16.5. The fourth-order valence-corrected chi connectivity index (χ4v) is 6.24. The van der Waals surface area contributed by atoms with Crippen LogP contribution in [0.1, 0.15) is 43.0 Å². The summed E-state index contributed by atoms with van der Waals surface area (Å²) in [6, 6.07) is 2.57. The number of amides is 2. The molecule has 0 aromatic carbocycles. The second-order valence-electron chi connectivity index (χ2n) is 9.63. The molecule has 34 heavy (non-hydrogen) atoms. The number of aliphatic hydroxyl groups excluding tert-OH is 1. The van der Waals surface area contributed by atoms with Crippen LogP contribution in [0.4, 0.5) is 0 Å². The van der Waals surface area contributed by atoms with Gasteiger partial charge in [-0.25, -0.2) is 0 Å². The number of hydrogen-bond donors (Lipinski definition) is 1. The molecule has 1 N–H and O–H groups in total. The number of rotatable bonds is 5. The quantitative estimate of drug-likeness (QED) is 0.682. The Kier molecular flexibility index (Phi) is 6.59. The molecule has 0 radical (unpaired) electrons. The molecule has 184 valence electrons. The van der Waals surface area contributed by atoms with Crippen molar-refractivity contribution in [3.05, 3.63) is 39.8 Å². The lowest BCUT2D eigenvalue weighted by molar-refractivity contribution is -0.151. The Morgan fingerprint density at radius 1 is 1.21 bits per heavy atom. The van der Waals surface area contributed by atoms with E-state index in [2.05, 4.69) is 6.08 Å². The lowest BCUT2D eigenvalue weighted by Crippen LogP contribution is -2.54. The van der Waals surface area contributed by atoms with Gasteiger partial charge in [-0.1, -0.05) is 6.08 Å². The maximum Gasteiger partial charge on any atom is 0.258 e. The number of allylic oxidation sites excluding steroid dienone is 2. The number of aliphatic hydroxyl groups is 1. The standard InChI is InChI=1S/C25H33N3O6/c1-33-15-21(30)28-22-18(19(14-29)23(28)25(32)26-9-11-34-12-10-26)13-27-20(22)8-7-17(24(27)31)16-5-3-2-4-6-16/h5,7-8,18-19,22-23,29H,2-4,6,9-15H2,1H3/t18-,19-,22+,23-/m1/s1. The first-order chi connectivity index (χ1) is 16.6. The van der Waals surface area contributed by atoms with E-state index in [-0.39, 0.29) is 36.5 Å². The molecule has 3 aliphatic heterocycles. The van der Waals surface area contributed by atoms with E-state index in [4.69, 9.17) is 9.47 Å². The van der Waals surface area contributed by atoms with E-state index in [1.165, 1.54) is 7.11 Å². The van der Waals surface area contributed by atoms with Crippen LogP contribution in [-0.2, 0) is 25.6 Å². The summed E-state index contributed by atoms with van der Waals surface area (Å²) in [5.74, 6) is -1.15. The predicted molar refractivity (Wildman–Crippen MR) is 124 cm³/mol. The van der Waals surface area contributed by atoms with Crippen molar-refractivity contribution in [2.75, 3.05) is 46.6 Å². The van der Waals surface area contributed by atoms with Crippen LogP contribution in [0.5, 0.6) is 0 Å². The van der Waals surface area contributed by atoms with Crippen molar-refractivity contribution in [2.45, 2.75) is 44.3 Å². The average molecular weight is 472 g/mol. The molecular weight excluding hydrogens is 438 g/mol. The molecule has 0 spiro atoms. The van der Waals surface area contributed by atoms with Crippen LogP contribution in [0, 0.1) is 11.8 Å². The van der Waals surface area contributed by atoms with Gasteiger partial charge in [-0.2, -0.15) is 0 Å². The van der Waals surface area contributed by atoms with E-state index in [0.717, 1.165) is 42.5 Å². The van der Waals surface area contributed by atoms with Crippen molar-refractivity contribution in [1.82, 2.24) is 14.4 Å². The van der Waals surface area contributed by atoms with Gasteiger partial charge in [0.1, 0.15) is 12.6 Å². The number of ether oxygens (including phenoxy) is 2. The molecule has 1 aromatic rings. The number of fused-ring (bicyclic) bond motifs is 3. The SMILES string of the molecule is COCC(=O)N1[C@@H]2c3ccc(C4=CCCCC4)c(=O)n3C[C@@H]2[C@@H](CO)[C@@H]1C(=O)N1CCOCC1. The predicted octanol–water partition coefficient (Wildman–Crippen LogP) is 0.801. The highest BCUT2D eigenvalue weighted by molar-refractivity contribution is 5.90. The number of morpholine rings is 1. The number of methoxy groups -OCH3 is 1. The summed E-state index contributed by atoms with van der Waals surface area (Å²) >= 11 is 0. The smallest absolute Gasteiger partial charge is 0.258 e. The van der Waals surface area contributed by atoms with Gasteiger partial charge in [0.2, 0.25) is 11.8 Å². The van der Waals surface area contributed by atoms with Gasteiger partial charge in [0, 0.05) is 56.4 Å². The molecule has 4 atom stereocenters. The topological polar surface area (TPSA) is 101 Å². The van der Waals surface area contributed by atoms with Gasteiger partial charge in [-0.3, -0.25) is 14.4 Å². The van der Waals surface area contributed by atoms with E-state index in [9.17, 15) is 19.5 Å². The zero-order valence-corrected chi connectivity index (χ0v) is 19.6. The molecular formula is C25H33N3O6. The fraction of sp³-hybridized carbons (Fsp3) is 0.640. The molecule has 0 unspecified atom stereocenters. The van der Waals surface area contributed by atoms with Gasteiger partial charge in [-0.15, -0.1) is 0 Å². The van der Waals surface area contributed by atoms with Gasteiger partial charge in [0.25, 0.3) is 5.56 Å². The summed E-state index contributed by atoms with van der Waals surface area (Å²) in [5.41, 5.74) is 2.50. The normalized spacial score (nSPS) is 28.5. The van der Waals surface area contributed by atoms with Gasteiger partial charge >= 0.3 is 0 Å². The molecule has 2 saturated heterocycles. The molecule has 9 heteroatoms. The summed E-state index contributed by atoms with van der Waals surface area (Å²) in [6.45, 7) is 1.82. The summed E-state index contributed by atoms with van der Waals surface area (Å²) in [4.78, 5) is 43.7. The van der Waals surface area contributed by atoms with E-state index < -0.39 is 18.0 Å². The summed E-state index contributed by atoms with van der Waals surface area (Å²) in [7, 11) is 1.45. The molecule has 1 aromatic heterocycles. The maximum atomic E-state index is 13.6. The molecule has 0 saturated carbocycles. The Bertz CT molecular complexity index is 1040. The maximum absolute atomic E-state index is 13.6. The summed E-state index contributed by atoms with van der Waals surface area (Å²) in [5, 5.41) is 10.4. The van der Waals surface area contributed by atoms with Crippen LogP contribution >= 0.6 is 0 Å². The molecule has 2 fully saturated rings. The Balaban J connectivity index is 1.54. The van der Waals surface area contributed by atoms with Crippen LogP contribution in [0.3, 0.4) is 0 Å².